The second-order valence-corrected chi connectivity index (χ2v) is 5.19. The van der Waals surface area contributed by atoms with Crippen LogP contribution in [0.3, 0.4) is 0 Å². The van der Waals surface area contributed by atoms with Crippen molar-refractivity contribution in [2.75, 3.05) is 13.2 Å². The molecule has 98 valence electrons. The highest BCUT2D eigenvalue weighted by Gasteiger charge is 2.38. The van der Waals surface area contributed by atoms with Gasteiger partial charge in [0.2, 0.25) is 0 Å². The molecule has 0 bridgehead atoms. The van der Waals surface area contributed by atoms with Crippen LogP contribution in [-0.2, 0) is 9.53 Å². The maximum absolute atomic E-state index is 10.9. The van der Waals surface area contributed by atoms with E-state index in [9.17, 15) is 4.79 Å². The molecule has 0 spiro atoms. The van der Waals surface area contributed by atoms with E-state index in [2.05, 4.69) is 4.90 Å². The minimum absolute atomic E-state index is 0.258. The van der Waals surface area contributed by atoms with Gasteiger partial charge < -0.3 is 9.84 Å². The van der Waals surface area contributed by atoms with Gasteiger partial charge in [-0.15, -0.1) is 0 Å². The van der Waals surface area contributed by atoms with E-state index in [4.69, 9.17) is 9.84 Å². The van der Waals surface area contributed by atoms with Gasteiger partial charge in [0.05, 0.1) is 12.5 Å². The summed E-state index contributed by atoms with van der Waals surface area (Å²) in [4.78, 5) is 13.3. The van der Waals surface area contributed by atoms with Crippen LogP contribution in [0.25, 0.3) is 0 Å². The van der Waals surface area contributed by atoms with E-state index in [-0.39, 0.29) is 6.04 Å². The molecule has 1 heterocycles. The summed E-state index contributed by atoms with van der Waals surface area (Å²) in [5.41, 5.74) is 0. The maximum atomic E-state index is 10.9. The fraction of sp³-hybridized carbons (Fsp3) is 0.923. The zero-order valence-corrected chi connectivity index (χ0v) is 10.6. The Kier molecular flexibility index (Phi) is 4.40. The second-order valence-electron chi connectivity index (χ2n) is 5.19. The second kappa shape index (κ2) is 5.83. The molecule has 1 unspecified atom stereocenters. The van der Waals surface area contributed by atoms with Crippen molar-refractivity contribution in [2.45, 2.75) is 63.6 Å². The van der Waals surface area contributed by atoms with E-state index in [0.717, 1.165) is 32.4 Å². The van der Waals surface area contributed by atoms with Crippen LogP contribution in [0.4, 0.5) is 0 Å². The van der Waals surface area contributed by atoms with Crippen molar-refractivity contribution in [3.8, 4) is 0 Å². The summed E-state index contributed by atoms with van der Waals surface area (Å²) in [6.07, 6.45) is 6.32. The smallest absolute Gasteiger partial charge is 0.304 e. The Balaban J connectivity index is 1.83. The molecular formula is C13H23NO3. The molecule has 2 fully saturated rings. The number of piperidine rings is 1. The van der Waals surface area contributed by atoms with Gasteiger partial charge in [-0.1, -0.05) is 6.42 Å². The number of likely N-dealkylation sites (tertiary alicyclic amines) is 1. The Morgan fingerprint density at radius 1 is 1.41 bits per heavy atom. The van der Waals surface area contributed by atoms with Crippen molar-refractivity contribution in [1.29, 1.82) is 0 Å². The molecule has 1 atom stereocenters. The van der Waals surface area contributed by atoms with Crippen molar-refractivity contribution >= 4 is 5.97 Å². The Hall–Kier alpha value is -0.610. The first-order chi connectivity index (χ1) is 8.20. The van der Waals surface area contributed by atoms with Gasteiger partial charge in [0, 0.05) is 18.7 Å². The van der Waals surface area contributed by atoms with Gasteiger partial charge in [-0.25, -0.2) is 0 Å². The number of carboxylic acids is 1. The van der Waals surface area contributed by atoms with Crippen molar-refractivity contribution in [3.05, 3.63) is 0 Å². The molecule has 0 aromatic rings. The predicted octanol–water partition coefficient (Wildman–Crippen LogP) is 1.88. The van der Waals surface area contributed by atoms with Crippen LogP contribution >= 0.6 is 0 Å². The summed E-state index contributed by atoms with van der Waals surface area (Å²) in [5, 5.41) is 8.94. The normalized spacial score (nSPS) is 34.3. The van der Waals surface area contributed by atoms with E-state index in [1.165, 1.54) is 12.8 Å². The number of aliphatic carboxylic acids is 1. The monoisotopic (exact) mass is 241 g/mol. The van der Waals surface area contributed by atoms with Crippen LogP contribution in [0.2, 0.25) is 0 Å². The molecule has 1 aliphatic carbocycles. The largest absolute Gasteiger partial charge is 0.481 e. The lowest BCUT2D eigenvalue weighted by Gasteiger charge is -2.47. The lowest BCUT2D eigenvalue weighted by Crippen LogP contribution is -2.54. The van der Waals surface area contributed by atoms with Gasteiger partial charge in [0.25, 0.3) is 0 Å². The summed E-state index contributed by atoms with van der Waals surface area (Å²) >= 11 is 0. The maximum Gasteiger partial charge on any atom is 0.304 e. The number of carboxylic acid groups (broad SMARTS) is 1. The highest BCUT2D eigenvalue weighted by atomic mass is 16.5. The summed E-state index contributed by atoms with van der Waals surface area (Å²) in [5.74, 6) is -0.664. The standard InChI is InChI=1S/C13H23NO3/c1-2-17-12-7-11(8-12)14-6-4-3-5-10(14)9-13(15)16/h10-12H,2-9H2,1H3,(H,15,16). The Morgan fingerprint density at radius 2 is 2.18 bits per heavy atom. The summed E-state index contributed by atoms with van der Waals surface area (Å²) in [6, 6.07) is 0.824. The average molecular weight is 241 g/mol. The van der Waals surface area contributed by atoms with Gasteiger partial charge in [0.1, 0.15) is 0 Å². The van der Waals surface area contributed by atoms with E-state index >= 15 is 0 Å². The zero-order valence-electron chi connectivity index (χ0n) is 10.6. The molecule has 0 amide bonds. The van der Waals surface area contributed by atoms with Crippen LogP contribution < -0.4 is 0 Å². The molecule has 1 N–H and O–H groups in total. The molecule has 2 rings (SSSR count). The Morgan fingerprint density at radius 3 is 2.82 bits per heavy atom. The SMILES string of the molecule is CCOC1CC(N2CCCCC2CC(=O)O)C1. The van der Waals surface area contributed by atoms with Crippen LogP contribution in [-0.4, -0.2) is 47.3 Å². The number of hydrogen-bond donors (Lipinski definition) is 1. The number of hydrogen-bond acceptors (Lipinski definition) is 3. The van der Waals surface area contributed by atoms with Gasteiger partial charge >= 0.3 is 5.97 Å². The molecule has 0 aromatic heterocycles. The first-order valence-electron chi connectivity index (χ1n) is 6.79. The topological polar surface area (TPSA) is 49.8 Å². The van der Waals surface area contributed by atoms with E-state index < -0.39 is 5.97 Å². The molecular weight excluding hydrogens is 218 g/mol. The molecule has 1 saturated carbocycles. The van der Waals surface area contributed by atoms with Crippen LogP contribution in [0.15, 0.2) is 0 Å². The van der Waals surface area contributed by atoms with Crippen molar-refractivity contribution < 1.29 is 14.6 Å². The van der Waals surface area contributed by atoms with Gasteiger partial charge in [0.15, 0.2) is 0 Å². The lowest BCUT2D eigenvalue weighted by atomic mass is 9.84. The molecule has 0 aromatic carbocycles. The fourth-order valence-electron chi connectivity index (χ4n) is 3.10. The zero-order chi connectivity index (χ0) is 12.3. The third kappa shape index (κ3) is 3.19. The summed E-state index contributed by atoms with van der Waals surface area (Å²) in [7, 11) is 0. The lowest BCUT2D eigenvalue weighted by molar-refractivity contribution is -0.140. The Bertz CT molecular complexity index is 263. The summed E-state index contributed by atoms with van der Waals surface area (Å²) in [6.45, 7) is 3.89. The fourth-order valence-corrected chi connectivity index (χ4v) is 3.10. The molecule has 1 saturated heterocycles. The number of ether oxygens (including phenoxy) is 1. The van der Waals surface area contributed by atoms with E-state index in [1.807, 2.05) is 6.92 Å². The molecule has 0 radical (unpaired) electrons. The first-order valence-corrected chi connectivity index (χ1v) is 6.79. The predicted molar refractivity (Wildman–Crippen MR) is 65.0 cm³/mol. The highest BCUT2D eigenvalue weighted by molar-refractivity contribution is 5.67. The number of rotatable bonds is 5. The van der Waals surface area contributed by atoms with Gasteiger partial charge in [-0.2, -0.15) is 0 Å². The molecule has 1 aliphatic heterocycles. The molecule has 2 aliphatic rings. The minimum Gasteiger partial charge on any atom is -0.481 e. The third-order valence-corrected chi connectivity index (χ3v) is 4.02. The highest BCUT2D eigenvalue weighted by Crippen LogP contribution is 2.33. The quantitative estimate of drug-likeness (QED) is 0.798. The minimum atomic E-state index is -0.664. The van der Waals surface area contributed by atoms with Gasteiger partial charge in [-0.05, 0) is 39.2 Å². The number of nitrogens with zero attached hydrogens (tertiary/aromatic N) is 1. The van der Waals surface area contributed by atoms with Crippen LogP contribution in [0.5, 0.6) is 0 Å². The van der Waals surface area contributed by atoms with Crippen LogP contribution in [0.1, 0.15) is 45.4 Å². The summed E-state index contributed by atoms with van der Waals surface area (Å²) < 4.78 is 5.57. The van der Waals surface area contributed by atoms with Crippen molar-refractivity contribution in [1.82, 2.24) is 4.90 Å². The van der Waals surface area contributed by atoms with E-state index in [1.54, 1.807) is 0 Å². The van der Waals surface area contributed by atoms with Crippen molar-refractivity contribution in [3.63, 3.8) is 0 Å². The molecule has 17 heavy (non-hydrogen) atoms. The third-order valence-electron chi connectivity index (χ3n) is 4.02. The van der Waals surface area contributed by atoms with E-state index in [0.29, 0.717) is 18.6 Å². The van der Waals surface area contributed by atoms with Gasteiger partial charge in [-0.3, -0.25) is 9.69 Å². The average Bonchev–Trinajstić information content (AvgIpc) is 2.23. The molecule has 4 nitrogen and oxygen atoms in total. The van der Waals surface area contributed by atoms with Crippen LogP contribution in [0, 0.1) is 0 Å². The first kappa shape index (κ1) is 12.8. The van der Waals surface area contributed by atoms with Crippen molar-refractivity contribution in [2.24, 2.45) is 0 Å². The number of carbonyl (C=O) groups is 1. The molecule has 4 heteroatoms. The Labute approximate surface area is 103 Å².